The summed E-state index contributed by atoms with van der Waals surface area (Å²) in [7, 11) is 0. The smallest absolute Gasteiger partial charge is 0.124 e. The van der Waals surface area contributed by atoms with Crippen LogP contribution in [0.2, 0.25) is 0 Å². The summed E-state index contributed by atoms with van der Waals surface area (Å²) in [5.41, 5.74) is 1.32. The third-order valence-corrected chi connectivity index (χ3v) is 5.87. The molecule has 2 aliphatic carbocycles. The zero-order valence-electron chi connectivity index (χ0n) is 15.4. The lowest BCUT2D eigenvalue weighted by Crippen LogP contribution is -2.29. The minimum Gasteiger partial charge on any atom is -0.490 e. The Hall–Kier alpha value is -1.02. The maximum absolute atomic E-state index is 6.33. The van der Waals surface area contributed by atoms with Gasteiger partial charge in [-0.25, -0.2) is 0 Å². The van der Waals surface area contributed by atoms with Crippen molar-refractivity contribution in [2.45, 2.75) is 96.2 Å². The molecule has 2 aliphatic rings. The third-order valence-electron chi connectivity index (χ3n) is 5.87. The fraction of sp³-hybridized carbons (Fsp3) is 0.727. The average Bonchev–Trinajstić information content (AvgIpc) is 2.63. The standard InChI is InChI=1S/C22H35NO/c1-18(16-19-10-4-2-5-11-19)23-17-20-12-8-9-15-22(20)24-21-13-6-3-7-14-21/h8-9,12,15,18-19,21,23H,2-7,10-11,13-14,16-17H2,1H3. The highest BCUT2D eigenvalue weighted by Gasteiger charge is 2.18. The lowest BCUT2D eigenvalue weighted by atomic mass is 9.85. The van der Waals surface area contributed by atoms with Crippen molar-refractivity contribution in [1.82, 2.24) is 5.32 Å². The van der Waals surface area contributed by atoms with Gasteiger partial charge < -0.3 is 10.1 Å². The molecule has 0 radical (unpaired) electrons. The van der Waals surface area contributed by atoms with E-state index in [0.717, 1.165) is 18.2 Å². The second-order valence-electron chi connectivity index (χ2n) is 8.01. The average molecular weight is 330 g/mol. The number of benzene rings is 1. The van der Waals surface area contributed by atoms with Crippen molar-refractivity contribution in [3.8, 4) is 5.75 Å². The molecule has 0 aliphatic heterocycles. The van der Waals surface area contributed by atoms with Gasteiger partial charge in [0.2, 0.25) is 0 Å². The molecule has 24 heavy (non-hydrogen) atoms. The summed E-state index contributed by atoms with van der Waals surface area (Å²) >= 11 is 0. The van der Waals surface area contributed by atoms with E-state index >= 15 is 0 Å². The van der Waals surface area contributed by atoms with E-state index in [9.17, 15) is 0 Å². The van der Waals surface area contributed by atoms with Crippen LogP contribution in [0.5, 0.6) is 5.75 Å². The van der Waals surface area contributed by atoms with Crippen LogP contribution in [-0.2, 0) is 6.54 Å². The van der Waals surface area contributed by atoms with Crippen molar-refractivity contribution >= 4 is 0 Å². The summed E-state index contributed by atoms with van der Waals surface area (Å²) in [6, 6.07) is 9.20. The molecule has 0 spiro atoms. The Kier molecular flexibility index (Phi) is 7.01. The molecule has 3 rings (SSSR count). The van der Waals surface area contributed by atoms with Crippen molar-refractivity contribution < 1.29 is 4.74 Å². The lowest BCUT2D eigenvalue weighted by molar-refractivity contribution is 0.153. The number of nitrogens with one attached hydrogen (secondary N) is 1. The van der Waals surface area contributed by atoms with Crippen LogP contribution in [0.4, 0.5) is 0 Å². The molecule has 1 unspecified atom stereocenters. The van der Waals surface area contributed by atoms with Crippen LogP contribution in [0.3, 0.4) is 0 Å². The van der Waals surface area contributed by atoms with Crippen LogP contribution in [-0.4, -0.2) is 12.1 Å². The van der Waals surface area contributed by atoms with Gasteiger partial charge in [-0.05, 0) is 51.0 Å². The lowest BCUT2D eigenvalue weighted by Gasteiger charge is -2.26. The summed E-state index contributed by atoms with van der Waals surface area (Å²) in [5, 5.41) is 3.74. The summed E-state index contributed by atoms with van der Waals surface area (Å²) in [5.74, 6) is 2.04. The van der Waals surface area contributed by atoms with E-state index in [2.05, 4.69) is 36.5 Å². The molecule has 0 bridgehead atoms. The number of ether oxygens (including phenoxy) is 1. The molecule has 2 nitrogen and oxygen atoms in total. The van der Waals surface area contributed by atoms with Crippen LogP contribution < -0.4 is 10.1 Å². The Morgan fingerprint density at radius 3 is 2.38 bits per heavy atom. The Bertz CT molecular complexity index is 475. The third kappa shape index (κ3) is 5.51. The molecule has 1 atom stereocenters. The summed E-state index contributed by atoms with van der Waals surface area (Å²) in [4.78, 5) is 0. The van der Waals surface area contributed by atoms with Gasteiger partial charge in [-0.3, -0.25) is 0 Å². The predicted molar refractivity (Wildman–Crippen MR) is 101 cm³/mol. The topological polar surface area (TPSA) is 21.3 Å². The largest absolute Gasteiger partial charge is 0.490 e. The van der Waals surface area contributed by atoms with Gasteiger partial charge in [0.25, 0.3) is 0 Å². The minimum absolute atomic E-state index is 0.430. The molecule has 0 aromatic heterocycles. The molecule has 134 valence electrons. The maximum atomic E-state index is 6.33. The second kappa shape index (κ2) is 9.46. The predicted octanol–water partition coefficient (Wildman–Crippen LogP) is 5.85. The molecule has 0 amide bonds. The molecule has 1 N–H and O–H groups in total. The zero-order valence-corrected chi connectivity index (χ0v) is 15.4. The second-order valence-corrected chi connectivity index (χ2v) is 8.01. The number of hydrogen-bond donors (Lipinski definition) is 1. The van der Waals surface area contributed by atoms with Crippen molar-refractivity contribution in [1.29, 1.82) is 0 Å². The van der Waals surface area contributed by atoms with Crippen LogP contribution in [0.25, 0.3) is 0 Å². The van der Waals surface area contributed by atoms with Gasteiger partial charge in [-0.15, -0.1) is 0 Å². The van der Waals surface area contributed by atoms with Gasteiger partial charge in [0.05, 0.1) is 6.10 Å². The normalized spacial score (nSPS) is 21.5. The molecule has 0 heterocycles. The van der Waals surface area contributed by atoms with Crippen molar-refractivity contribution in [3.05, 3.63) is 29.8 Å². The van der Waals surface area contributed by atoms with Gasteiger partial charge in [-0.2, -0.15) is 0 Å². The van der Waals surface area contributed by atoms with Gasteiger partial charge in [0.1, 0.15) is 5.75 Å². The minimum atomic E-state index is 0.430. The Balaban J connectivity index is 1.48. The zero-order chi connectivity index (χ0) is 16.6. The van der Waals surface area contributed by atoms with Crippen molar-refractivity contribution in [3.63, 3.8) is 0 Å². The van der Waals surface area contributed by atoms with E-state index < -0.39 is 0 Å². The van der Waals surface area contributed by atoms with Crippen molar-refractivity contribution in [2.24, 2.45) is 5.92 Å². The van der Waals surface area contributed by atoms with E-state index in [4.69, 9.17) is 4.74 Å². The highest BCUT2D eigenvalue weighted by Crippen LogP contribution is 2.28. The number of para-hydroxylation sites is 1. The van der Waals surface area contributed by atoms with Crippen LogP contribution in [0.15, 0.2) is 24.3 Å². The monoisotopic (exact) mass is 329 g/mol. The molecule has 1 aromatic carbocycles. The molecule has 2 heteroatoms. The first kappa shape index (κ1) is 17.8. The van der Waals surface area contributed by atoms with Gasteiger partial charge in [0.15, 0.2) is 0 Å². The van der Waals surface area contributed by atoms with E-state index in [1.54, 1.807) is 0 Å². The van der Waals surface area contributed by atoms with Gasteiger partial charge in [0, 0.05) is 18.2 Å². The van der Waals surface area contributed by atoms with E-state index in [0.29, 0.717) is 12.1 Å². The molecular formula is C22H35NO. The van der Waals surface area contributed by atoms with Gasteiger partial charge in [-0.1, -0.05) is 56.7 Å². The van der Waals surface area contributed by atoms with Gasteiger partial charge >= 0.3 is 0 Å². The van der Waals surface area contributed by atoms with Crippen molar-refractivity contribution in [2.75, 3.05) is 0 Å². The van der Waals surface area contributed by atoms with E-state index in [-0.39, 0.29) is 0 Å². The first-order chi connectivity index (χ1) is 11.8. The molecule has 1 aromatic rings. The number of hydrogen-bond acceptors (Lipinski definition) is 2. The highest BCUT2D eigenvalue weighted by molar-refractivity contribution is 5.33. The number of rotatable bonds is 7. The molecule has 2 saturated carbocycles. The fourth-order valence-corrected chi connectivity index (χ4v) is 4.42. The summed E-state index contributed by atoms with van der Waals surface area (Å²) in [6.45, 7) is 3.27. The maximum Gasteiger partial charge on any atom is 0.124 e. The first-order valence-electron chi connectivity index (χ1n) is 10.3. The molecule has 0 saturated heterocycles. The SMILES string of the molecule is CC(CC1CCCCC1)NCc1ccccc1OC1CCCCC1. The van der Waals surface area contributed by atoms with Crippen LogP contribution in [0.1, 0.15) is 83.1 Å². The Morgan fingerprint density at radius 1 is 0.958 bits per heavy atom. The highest BCUT2D eigenvalue weighted by atomic mass is 16.5. The molecule has 2 fully saturated rings. The summed E-state index contributed by atoms with van der Waals surface area (Å²) < 4.78 is 6.33. The van der Waals surface area contributed by atoms with Crippen LogP contribution in [0, 0.1) is 5.92 Å². The quantitative estimate of drug-likeness (QED) is 0.678. The van der Waals surface area contributed by atoms with E-state index in [1.807, 2.05) is 0 Å². The fourth-order valence-electron chi connectivity index (χ4n) is 4.42. The Morgan fingerprint density at radius 2 is 1.62 bits per heavy atom. The van der Waals surface area contributed by atoms with E-state index in [1.165, 1.54) is 76.2 Å². The first-order valence-corrected chi connectivity index (χ1v) is 10.3. The Labute approximate surface area is 148 Å². The summed E-state index contributed by atoms with van der Waals surface area (Å²) in [6.07, 6.45) is 15.4. The van der Waals surface area contributed by atoms with Crippen LogP contribution >= 0.6 is 0 Å². The molecular weight excluding hydrogens is 294 g/mol.